The van der Waals surface area contributed by atoms with Gasteiger partial charge in [-0.05, 0) is 13.8 Å². The van der Waals surface area contributed by atoms with Crippen LogP contribution in [0.3, 0.4) is 0 Å². The molecule has 0 heteroatoms. The first-order valence-corrected chi connectivity index (χ1v) is 3.85. The minimum atomic E-state index is 1.17. The average molecular weight is 144 g/mol. The topological polar surface area (TPSA) is 0 Å². The van der Waals surface area contributed by atoms with E-state index in [1.807, 2.05) is 41.5 Å². The second-order valence-electron chi connectivity index (χ2n) is 1.21. The molecular formula is C10H24. The van der Waals surface area contributed by atoms with Gasteiger partial charge in [-0.3, -0.25) is 0 Å². The van der Waals surface area contributed by atoms with E-state index >= 15 is 0 Å². The van der Waals surface area contributed by atoms with Crippen LogP contribution in [0, 0.1) is 0 Å². The summed E-state index contributed by atoms with van der Waals surface area (Å²) in [7, 11) is 0. The van der Waals surface area contributed by atoms with Crippen LogP contribution in [-0.4, -0.2) is 0 Å². The molecule has 0 bridgehead atoms. The van der Waals surface area contributed by atoms with Crippen LogP contribution in [0.5, 0.6) is 0 Å². The molecule has 0 heterocycles. The molecule has 0 spiro atoms. The Hall–Kier alpha value is -0.520. The van der Waals surface area contributed by atoms with Crippen LogP contribution in [0.1, 0.15) is 41.5 Å². The summed E-state index contributed by atoms with van der Waals surface area (Å²) >= 11 is 0. The van der Waals surface area contributed by atoms with E-state index in [1.165, 1.54) is 5.57 Å². The van der Waals surface area contributed by atoms with Gasteiger partial charge in [0, 0.05) is 0 Å². The summed E-state index contributed by atoms with van der Waals surface area (Å²) in [5, 5.41) is 0. The number of rotatable bonds is 0. The fourth-order valence-corrected chi connectivity index (χ4v) is 0. The van der Waals surface area contributed by atoms with Crippen molar-refractivity contribution in [2.45, 2.75) is 41.5 Å². The second-order valence-corrected chi connectivity index (χ2v) is 1.21. The zero-order valence-electron chi connectivity index (χ0n) is 8.62. The Labute approximate surface area is 67.7 Å². The maximum atomic E-state index is 3.56. The first-order valence-electron chi connectivity index (χ1n) is 3.85. The van der Waals surface area contributed by atoms with Gasteiger partial charge in [0.25, 0.3) is 0 Å². The largest absolute Gasteiger partial charge is 0.106 e. The van der Waals surface area contributed by atoms with E-state index in [0.717, 1.165) is 0 Å². The van der Waals surface area contributed by atoms with Crippen LogP contribution in [0.15, 0.2) is 25.3 Å². The molecule has 0 rings (SSSR count). The van der Waals surface area contributed by atoms with Gasteiger partial charge in [-0.1, -0.05) is 33.3 Å². The Bertz CT molecular complexity index is 31.3. The van der Waals surface area contributed by atoms with Crippen LogP contribution in [-0.2, 0) is 0 Å². The van der Waals surface area contributed by atoms with Gasteiger partial charge in [0.1, 0.15) is 0 Å². The smallest absolute Gasteiger partial charge is 0.0445 e. The van der Waals surface area contributed by atoms with Crippen LogP contribution in [0.4, 0.5) is 0 Å². The minimum absolute atomic E-state index is 1.17. The molecule has 0 nitrogen and oxygen atoms in total. The van der Waals surface area contributed by atoms with Crippen molar-refractivity contribution >= 4 is 0 Å². The number of allylic oxidation sites excluding steroid dienone is 1. The lowest BCUT2D eigenvalue weighted by Gasteiger charge is -1.65. The molecule has 0 saturated heterocycles. The van der Waals surface area contributed by atoms with E-state index in [1.54, 1.807) is 0 Å². The molecule has 0 atom stereocenters. The molecule has 0 aliphatic rings. The fourth-order valence-electron chi connectivity index (χ4n) is 0. The lowest BCUT2D eigenvalue weighted by molar-refractivity contribution is 1.42. The van der Waals surface area contributed by atoms with Crippen molar-refractivity contribution in [3.63, 3.8) is 0 Å². The Balaban J connectivity index is -0.0000000262. The van der Waals surface area contributed by atoms with Gasteiger partial charge in [0.15, 0.2) is 0 Å². The summed E-state index contributed by atoms with van der Waals surface area (Å²) in [4.78, 5) is 0. The van der Waals surface area contributed by atoms with E-state index in [-0.39, 0.29) is 0 Å². The van der Waals surface area contributed by atoms with Gasteiger partial charge in [-0.15, -0.1) is 19.7 Å². The van der Waals surface area contributed by atoms with Crippen LogP contribution >= 0.6 is 0 Å². The normalized spacial score (nSPS) is 4.20. The average Bonchev–Trinajstić information content (AvgIpc) is 1.98. The fraction of sp³-hybridized carbons (Fsp3) is 0.600. The van der Waals surface area contributed by atoms with E-state index < -0.39 is 0 Å². The molecule has 0 aromatic heterocycles. The predicted molar refractivity (Wildman–Crippen MR) is 54.4 cm³/mol. The third-order valence-corrected chi connectivity index (χ3v) is 0. The van der Waals surface area contributed by atoms with Crippen molar-refractivity contribution in [1.82, 2.24) is 0 Å². The highest BCUT2D eigenvalue weighted by Gasteiger charge is 1.51. The highest BCUT2D eigenvalue weighted by atomic mass is 13.6. The molecule has 0 amide bonds. The SMILES string of the molecule is C=C.C=C(C)C.CC.CC. The maximum absolute atomic E-state index is 3.56. The summed E-state index contributed by atoms with van der Waals surface area (Å²) in [5.41, 5.74) is 1.17. The van der Waals surface area contributed by atoms with Gasteiger partial charge in [-0.25, -0.2) is 0 Å². The molecule has 0 aliphatic heterocycles. The Morgan fingerprint density at radius 1 is 0.800 bits per heavy atom. The molecule has 0 aromatic rings. The first-order chi connectivity index (χ1) is 4.73. The van der Waals surface area contributed by atoms with E-state index in [0.29, 0.717) is 0 Å². The minimum Gasteiger partial charge on any atom is -0.106 e. The summed E-state index contributed by atoms with van der Waals surface area (Å²) < 4.78 is 0. The summed E-state index contributed by atoms with van der Waals surface area (Å²) in [6.07, 6.45) is 0. The standard InChI is InChI=1S/C4H8.2C2H6.C2H4/c1-4(2)3;3*1-2/h1H2,2-3H3;2*1-2H3;1-2H2. The summed E-state index contributed by atoms with van der Waals surface area (Å²) in [5.74, 6) is 0. The molecule has 0 saturated carbocycles. The van der Waals surface area contributed by atoms with Gasteiger partial charge >= 0.3 is 0 Å². The highest BCUT2D eigenvalue weighted by molar-refractivity contribution is 4.78. The molecule has 0 fully saturated rings. The van der Waals surface area contributed by atoms with E-state index in [2.05, 4.69) is 19.7 Å². The molecule has 0 N–H and O–H groups in total. The maximum Gasteiger partial charge on any atom is -0.0445 e. The summed E-state index contributed by atoms with van der Waals surface area (Å²) in [6.45, 7) is 21.5. The third-order valence-electron chi connectivity index (χ3n) is 0. The Morgan fingerprint density at radius 2 is 0.800 bits per heavy atom. The summed E-state index contributed by atoms with van der Waals surface area (Å²) in [6, 6.07) is 0. The zero-order valence-corrected chi connectivity index (χ0v) is 8.62. The van der Waals surface area contributed by atoms with Crippen molar-refractivity contribution in [2.24, 2.45) is 0 Å². The lowest BCUT2D eigenvalue weighted by Crippen LogP contribution is -1.43. The van der Waals surface area contributed by atoms with Crippen LogP contribution < -0.4 is 0 Å². The molecule has 0 aliphatic carbocycles. The van der Waals surface area contributed by atoms with Gasteiger partial charge in [0.2, 0.25) is 0 Å². The molecule has 10 heavy (non-hydrogen) atoms. The lowest BCUT2D eigenvalue weighted by atomic mass is 10.4. The van der Waals surface area contributed by atoms with Crippen molar-refractivity contribution in [1.29, 1.82) is 0 Å². The first kappa shape index (κ1) is 22.7. The highest BCUT2D eigenvalue weighted by Crippen LogP contribution is 1.73. The van der Waals surface area contributed by atoms with Gasteiger partial charge < -0.3 is 0 Å². The van der Waals surface area contributed by atoms with Gasteiger partial charge in [0.05, 0.1) is 0 Å². The van der Waals surface area contributed by atoms with Crippen LogP contribution in [0.2, 0.25) is 0 Å². The molecule has 64 valence electrons. The molecule has 0 unspecified atom stereocenters. The molecule has 0 aromatic carbocycles. The quantitative estimate of drug-likeness (QED) is 0.441. The molecule has 0 radical (unpaired) electrons. The van der Waals surface area contributed by atoms with Crippen molar-refractivity contribution in [3.05, 3.63) is 25.3 Å². The van der Waals surface area contributed by atoms with Crippen molar-refractivity contribution in [2.75, 3.05) is 0 Å². The number of hydrogen-bond donors (Lipinski definition) is 0. The van der Waals surface area contributed by atoms with Gasteiger partial charge in [-0.2, -0.15) is 0 Å². The van der Waals surface area contributed by atoms with Crippen molar-refractivity contribution in [3.8, 4) is 0 Å². The Morgan fingerprint density at radius 3 is 0.800 bits per heavy atom. The Kier molecular flexibility index (Phi) is 175. The van der Waals surface area contributed by atoms with E-state index in [9.17, 15) is 0 Å². The predicted octanol–water partition coefficient (Wildman–Crippen LogP) is 4.44. The van der Waals surface area contributed by atoms with Crippen LogP contribution in [0.25, 0.3) is 0 Å². The van der Waals surface area contributed by atoms with E-state index in [4.69, 9.17) is 0 Å². The third kappa shape index (κ3) is 1160. The molecular weight excluding hydrogens is 120 g/mol. The zero-order chi connectivity index (χ0) is 9.58. The monoisotopic (exact) mass is 144 g/mol. The second kappa shape index (κ2) is 77.1. The van der Waals surface area contributed by atoms with Crippen molar-refractivity contribution < 1.29 is 0 Å². The number of hydrogen-bond acceptors (Lipinski definition) is 0.